The standard InChI is InChI=1S/C15H13NO3S/c1-11-3-2-4-13(7-11)10-20-15-6-5-12(9-17)8-14(15)16(18)19/h2-9H,10H2,1H3. The Morgan fingerprint density at radius 1 is 1.25 bits per heavy atom. The maximum absolute atomic E-state index is 11.0. The minimum Gasteiger partial charge on any atom is -0.298 e. The molecule has 5 heteroatoms. The molecule has 0 heterocycles. The minimum absolute atomic E-state index is 0.0211. The lowest BCUT2D eigenvalue weighted by atomic mass is 10.2. The maximum Gasteiger partial charge on any atom is 0.283 e. The molecule has 0 aliphatic rings. The Morgan fingerprint density at radius 2 is 2.05 bits per heavy atom. The van der Waals surface area contributed by atoms with Gasteiger partial charge in [-0.3, -0.25) is 14.9 Å². The van der Waals surface area contributed by atoms with Gasteiger partial charge in [-0.25, -0.2) is 0 Å². The molecule has 0 atom stereocenters. The van der Waals surface area contributed by atoms with Crippen molar-refractivity contribution in [3.8, 4) is 0 Å². The van der Waals surface area contributed by atoms with Crippen molar-refractivity contribution in [3.63, 3.8) is 0 Å². The summed E-state index contributed by atoms with van der Waals surface area (Å²) in [5.41, 5.74) is 2.57. The van der Waals surface area contributed by atoms with Crippen molar-refractivity contribution in [2.24, 2.45) is 0 Å². The molecule has 0 bridgehead atoms. The van der Waals surface area contributed by atoms with E-state index in [1.807, 2.05) is 25.1 Å². The number of thioether (sulfide) groups is 1. The summed E-state index contributed by atoms with van der Waals surface area (Å²) >= 11 is 1.40. The van der Waals surface area contributed by atoms with E-state index in [1.165, 1.54) is 17.8 Å². The van der Waals surface area contributed by atoms with Crippen molar-refractivity contribution in [1.29, 1.82) is 0 Å². The van der Waals surface area contributed by atoms with Gasteiger partial charge in [0.15, 0.2) is 0 Å². The zero-order valence-electron chi connectivity index (χ0n) is 10.9. The molecule has 2 aromatic carbocycles. The van der Waals surface area contributed by atoms with Gasteiger partial charge in [-0.2, -0.15) is 0 Å². The number of hydrogen-bond acceptors (Lipinski definition) is 4. The number of nitrogens with zero attached hydrogens (tertiary/aromatic N) is 1. The Labute approximate surface area is 121 Å². The molecule has 0 saturated heterocycles. The molecule has 0 aromatic heterocycles. The molecule has 0 radical (unpaired) electrons. The Kier molecular flexibility index (Phi) is 4.53. The van der Waals surface area contributed by atoms with Crippen molar-refractivity contribution in [2.75, 3.05) is 0 Å². The Morgan fingerprint density at radius 3 is 2.70 bits per heavy atom. The molecule has 102 valence electrons. The molecule has 0 spiro atoms. The molecule has 0 unspecified atom stereocenters. The Hall–Kier alpha value is -2.14. The second-order valence-corrected chi connectivity index (χ2v) is 5.40. The fourth-order valence-electron chi connectivity index (χ4n) is 1.84. The fourth-order valence-corrected chi connectivity index (χ4v) is 2.78. The second-order valence-electron chi connectivity index (χ2n) is 4.38. The predicted octanol–water partition coefficient (Wildman–Crippen LogP) is 4.01. The summed E-state index contributed by atoms with van der Waals surface area (Å²) in [6, 6.07) is 12.6. The number of rotatable bonds is 5. The molecule has 0 N–H and O–H groups in total. The van der Waals surface area contributed by atoms with Crippen LogP contribution in [0.4, 0.5) is 5.69 Å². The highest BCUT2D eigenvalue weighted by atomic mass is 32.2. The van der Waals surface area contributed by atoms with Gasteiger partial charge in [0.2, 0.25) is 0 Å². The molecule has 0 saturated carbocycles. The van der Waals surface area contributed by atoms with E-state index < -0.39 is 4.92 Å². The fraction of sp³-hybridized carbons (Fsp3) is 0.133. The summed E-state index contributed by atoms with van der Waals surface area (Å²) in [4.78, 5) is 21.8. The summed E-state index contributed by atoms with van der Waals surface area (Å²) in [7, 11) is 0. The normalized spacial score (nSPS) is 10.2. The number of nitro groups is 1. The van der Waals surface area contributed by atoms with Gasteiger partial charge in [0.1, 0.15) is 6.29 Å². The summed E-state index contributed by atoms with van der Waals surface area (Å²) in [6.07, 6.45) is 0.613. The first-order valence-electron chi connectivity index (χ1n) is 6.02. The second kappa shape index (κ2) is 6.34. The van der Waals surface area contributed by atoms with Crippen molar-refractivity contribution in [1.82, 2.24) is 0 Å². The van der Waals surface area contributed by atoms with Gasteiger partial charge in [-0.1, -0.05) is 35.9 Å². The molecule has 4 nitrogen and oxygen atoms in total. The summed E-state index contributed by atoms with van der Waals surface area (Å²) in [5, 5.41) is 11.0. The van der Waals surface area contributed by atoms with Gasteiger partial charge in [-0.15, -0.1) is 11.8 Å². The number of benzene rings is 2. The highest BCUT2D eigenvalue weighted by molar-refractivity contribution is 7.98. The molecule has 0 fully saturated rings. The van der Waals surface area contributed by atoms with Crippen molar-refractivity contribution in [2.45, 2.75) is 17.6 Å². The third-order valence-corrected chi connectivity index (χ3v) is 3.93. The Bertz CT molecular complexity index is 655. The summed E-state index contributed by atoms with van der Waals surface area (Å²) < 4.78 is 0. The van der Waals surface area contributed by atoms with Gasteiger partial charge in [0, 0.05) is 17.4 Å². The minimum atomic E-state index is -0.453. The topological polar surface area (TPSA) is 60.2 Å². The summed E-state index contributed by atoms with van der Waals surface area (Å²) in [5.74, 6) is 0.656. The third kappa shape index (κ3) is 3.45. The zero-order chi connectivity index (χ0) is 14.5. The van der Waals surface area contributed by atoms with Crippen LogP contribution in [-0.4, -0.2) is 11.2 Å². The van der Waals surface area contributed by atoms with Crippen molar-refractivity contribution >= 4 is 23.7 Å². The largest absolute Gasteiger partial charge is 0.298 e. The first-order chi connectivity index (χ1) is 9.60. The average Bonchev–Trinajstić information content (AvgIpc) is 2.45. The van der Waals surface area contributed by atoms with Crippen LogP contribution in [-0.2, 0) is 5.75 Å². The van der Waals surface area contributed by atoms with Crippen LogP contribution in [0.3, 0.4) is 0 Å². The lowest BCUT2D eigenvalue weighted by Crippen LogP contribution is -1.93. The van der Waals surface area contributed by atoms with Crippen LogP contribution in [0.1, 0.15) is 21.5 Å². The maximum atomic E-state index is 11.0. The molecule has 0 aliphatic carbocycles. The number of aryl methyl sites for hydroxylation is 1. The quantitative estimate of drug-likeness (QED) is 0.361. The molecule has 0 aliphatic heterocycles. The van der Waals surface area contributed by atoms with Gasteiger partial charge in [0.05, 0.1) is 9.82 Å². The lowest BCUT2D eigenvalue weighted by Gasteiger charge is -2.04. The number of aldehydes is 1. The van der Waals surface area contributed by atoms with Gasteiger partial charge >= 0.3 is 0 Å². The predicted molar refractivity (Wildman–Crippen MR) is 79.2 cm³/mol. The van der Waals surface area contributed by atoms with Crippen molar-refractivity contribution < 1.29 is 9.72 Å². The molecular formula is C15H13NO3S. The van der Waals surface area contributed by atoms with Gasteiger partial charge in [0.25, 0.3) is 5.69 Å². The monoisotopic (exact) mass is 287 g/mol. The van der Waals surface area contributed by atoms with Gasteiger partial charge < -0.3 is 0 Å². The SMILES string of the molecule is Cc1cccc(CSc2ccc(C=O)cc2[N+](=O)[O-])c1. The van der Waals surface area contributed by atoms with E-state index in [4.69, 9.17) is 0 Å². The van der Waals surface area contributed by atoms with Crippen LogP contribution in [0.2, 0.25) is 0 Å². The first kappa shape index (κ1) is 14.3. The Balaban J connectivity index is 2.20. The van der Waals surface area contributed by atoms with E-state index in [1.54, 1.807) is 12.1 Å². The molecule has 20 heavy (non-hydrogen) atoms. The van der Waals surface area contributed by atoms with Gasteiger partial charge in [-0.05, 0) is 18.6 Å². The van der Waals surface area contributed by atoms with E-state index >= 15 is 0 Å². The van der Waals surface area contributed by atoms with Crippen LogP contribution in [0.25, 0.3) is 0 Å². The molecule has 0 amide bonds. The number of carbonyl (C=O) groups excluding carboxylic acids is 1. The zero-order valence-corrected chi connectivity index (χ0v) is 11.7. The van der Waals surface area contributed by atoms with Crippen LogP contribution in [0.5, 0.6) is 0 Å². The van der Waals surface area contributed by atoms with E-state index in [2.05, 4.69) is 6.07 Å². The van der Waals surface area contributed by atoms with E-state index in [0.717, 1.165) is 11.1 Å². The van der Waals surface area contributed by atoms with Crippen LogP contribution >= 0.6 is 11.8 Å². The van der Waals surface area contributed by atoms with E-state index in [-0.39, 0.29) is 5.69 Å². The first-order valence-corrected chi connectivity index (χ1v) is 7.00. The molecular weight excluding hydrogens is 274 g/mol. The van der Waals surface area contributed by atoms with Crippen LogP contribution < -0.4 is 0 Å². The van der Waals surface area contributed by atoms with E-state index in [9.17, 15) is 14.9 Å². The number of hydrogen-bond donors (Lipinski definition) is 0. The summed E-state index contributed by atoms with van der Waals surface area (Å²) in [6.45, 7) is 2.01. The van der Waals surface area contributed by atoms with Crippen LogP contribution in [0, 0.1) is 17.0 Å². The number of nitro benzene ring substituents is 1. The van der Waals surface area contributed by atoms with Crippen molar-refractivity contribution in [3.05, 3.63) is 69.3 Å². The lowest BCUT2D eigenvalue weighted by molar-refractivity contribution is -0.387. The average molecular weight is 287 g/mol. The number of carbonyl (C=O) groups is 1. The highest BCUT2D eigenvalue weighted by Gasteiger charge is 2.15. The van der Waals surface area contributed by atoms with E-state index in [0.29, 0.717) is 22.5 Å². The highest BCUT2D eigenvalue weighted by Crippen LogP contribution is 2.32. The molecule has 2 rings (SSSR count). The third-order valence-electron chi connectivity index (χ3n) is 2.79. The van der Waals surface area contributed by atoms with Crippen LogP contribution in [0.15, 0.2) is 47.4 Å². The molecule has 2 aromatic rings. The smallest absolute Gasteiger partial charge is 0.283 e.